The zero-order valence-electron chi connectivity index (χ0n) is 12.7. The SMILES string of the molecule is Cc1cc(C(=O)CN2CCN(C)C(C)(C)C2)c(C)[nH]1. The van der Waals surface area contributed by atoms with Gasteiger partial charge in [0.15, 0.2) is 5.78 Å². The van der Waals surface area contributed by atoms with Crippen molar-refractivity contribution in [2.24, 2.45) is 0 Å². The number of nitrogens with one attached hydrogen (secondary N) is 1. The molecule has 19 heavy (non-hydrogen) atoms. The summed E-state index contributed by atoms with van der Waals surface area (Å²) in [5.41, 5.74) is 3.02. The van der Waals surface area contributed by atoms with E-state index in [4.69, 9.17) is 0 Å². The van der Waals surface area contributed by atoms with Gasteiger partial charge in [0.25, 0.3) is 0 Å². The number of nitrogens with zero attached hydrogens (tertiary/aromatic N) is 2. The van der Waals surface area contributed by atoms with Crippen LogP contribution in [-0.2, 0) is 0 Å². The minimum absolute atomic E-state index is 0.141. The average Bonchev–Trinajstić information content (AvgIpc) is 2.63. The number of aryl methyl sites for hydroxylation is 2. The zero-order valence-corrected chi connectivity index (χ0v) is 12.7. The summed E-state index contributed by atoms with van der Waals surface area (Å²) in [4.78, 5) is 20.2. The minimum Gasteiger partial charge on any atom is -0.362 e. The number of aromatic amines is 1. The molecule has 2 heterocycles. The van der Waals surface area contributed by atoms with E-state index in [-0.39, 0.29) is 11.3 Å². The molecule has 0 unspecified atom stereocenters. The first kappa shape index (κ1) is 14.3. The number of likely N-dealkylation sites (N-methyl/N-ethyl adjacent to an activating group) is 1. The van der Waals surface area contributed by atoms with E-state index in [1.54, 1.807) is 0 Å². The van der Waals surface area contributed by atoms with Crippen LogP contribution >= 0.6 is 0 Å². The van der Waals surface area contributed by atoms with Crippen molar-refractivity contribution in [2.75, 3.05) is 33.2 Å². The quantitative estimate of drug-likeness (QED) is 0.846. The van der Waals surface area contributed by atoms with Gasteiger partial charge in [0.05, 0.1) is 6.54 Å². The number of carbonyl (C=O) groups is 1. The molecule has 0 bridgehead atoms. The van der Waals surface area contributed by atoms with Gasteiger partial charge in [-0.25, -0.2) is 0 Å². The highest BCUT2D eigenvalue weighted by atomic mass is 16.1. The third-order valence-corrected chi connectivity index (χ3v) is 4.21. The lowest BCUT2D eigenvalue weighted by atomic mass is 9.99. The van der Waals surface area contributed by atoms with Crippen LogP contribution in [0.2, 0.25) is 0 Å². The van der Waals surface area contributed by atoms with Crippen LogP contribution in [0, 0.1) is 13.8 Å². The molecule has 0 atom stereocenters. The Labute approximate surface area is 115 Å². The Kier molecular flexibility index (Phi) is 3.83. The third-order valence-electron chi connectivity index (χ3n) is 4.21. The largest absolute Gasteiger partial charge is 0.362 e. The number of carbonyl (C=O) groups excluding carboxylic acids is 1. The number of piperazine rings is 1. The van der Waals surface area contributed by atoms with Crippen LogP contribution in [0.15, 0.2) is 6.07 Å². The molecular formula is C15H25N3O. The maximum absolute atomic E-state index is 12.4. The van der Waals surface area contributed by atoms with E-state index in [0.717, 1.165) is 36.6 Å². The number of hydrogen-bond donors (Lipinski definition) is 1. The predicted molar refractivity (Wildman–Crippen MR) is 77.7 cm³/mol. The number of aromatic nitrogens is 1. The molecule has 1 aliphatic rings. The van der Waals surface area contributed by atoms with Crippen molar-refractivity contribution in [1.29, 1.82) is 0 Å². The highest BCUT2D eigenvalue weighted by Gasteiger charge is 2.31. The van der Waals surface area contributed by atoms with Crippen molar-refractivity contribution in [2.45, 2.75) is 33.2 Å². The molecule has 1 N–H and O–H groups in total. The molecule has 1 saturated heterocycles. The number of hydrogen-bond acceptors (Lipinski definition) is 3. The summed E-state index contributed by atoms with van der Waals surface area (Å²) >= 11 is 0. The Hall–Kier alpha value is -1.13. The summed E-state index contributed by atoms with van der Waals surface area (Å²) in [6.45, 7) is 11.9. The molecule has 106 valence electrons. The number of rotatable bonds is 3. The van der Waals surface area contributed by atoms with Crippen LogP contribution in [0.4, 0.5) is 0 Å². The van der Waals surface area contributed by atoms with Crippen molar-refractivity contribution in [1.82, 2.24) is 14.8 Å². The molecule has 2 rings (SSSR count). The molecular weight excluding hydrogens is 238 g/mol. The first-order valence-electron chi connectivity index (χ1n) is 6.92. The van der Waals surface area contributed by atoms with Crippen LogP contribution < -0.4 is 0 Å². The highest BCUT2D eigenvalue weighted by molar-refractivity contribution is 5.98. The van der Waals surface area contributed by atoms with E-state index in [9.17, 15) is 4.79 Å². The fourth-order valence-electron chi connectivity index (χ4n) is 2.78. The monoisotopic (exact) mass is 263 g/mol. The van der Waals surface area contributed by atoms with Crippen LogP contribution in [-0.4, -0.2) is 59.3 Å². The molecule has 0 spiro atoms. The molecule has 0 radical (unpaired) electrons. The predicted octanol–water partition coefficient (Wildman–Crippen LogP) is 1.84. The second kappa shape index (κ2) is 5.10. The molecule has 1 fully saturated rings. The fourth-order valence-corrected chi connectivity index (χ4v) is 2.78. The smallest absolute Gasteiger partial charge is 0.178 e. The van der Waals surface area contributed by atoms with E-state index in [1.807, 2.05) is 19.9 Å². The Morgan fingerprint density at radius 2 is 2.05 bits per heavy atom. The number of Topliss-reactive ketones (excluding diaryl/α,β-unsaturated/α-hetero) is 1. The van der Waals surface area contributed by atoms with Gasteiger partial charge in [-0.15, -0.1) is 0 Å². The fraction of sp³-hybridized carbons (Fsp3) is 0.667. The molecule has 1 aliphatic heterocycles. The molecule has 0 amide bonds. The molecule has 1 aromatic heterocycles. The summed E-state index contributed by atoms with van der Waals surface area (Å²) < 4.78 is 0. The van der Waals surface area contributed by atoms with Gasteiger partial charge in [-0.1, -0.05) is 0 Å². The highest BCUT2D eigenvalue weighted by Crippen LogP contribution is 2.19. The molecule has 4 heteroatoms. The van der Waals surface area contributed by atoms with E-state index in [0.29, 0.717) is 6.54 Å². The van der Waals surface area contributed by atoms with Gasteiger partial charge in [0, 0.05) is 42.1 Å². The molecule has 1 aromatic rings. The van der Waals surface area contributed by atoms with Gasteiger partial charge >= 0.3 is 0 Å². The Bertz CT molecular complexity index is 476. The Balaban J connectivity index is 2.02. The molecule has 0 aromatic carbocycles. The second-order valence-electron chi connectivity index (χ2n) is 6.36. The van der Waals surface area contributed by atoms with E-state index >= 15 is 0 Å². The minimum atomic E-state index is 0.141. The lowest BCUT2D eigenvalue weighted by Crippen LogP contribution is -2.58. The van der Waals surface area contributed by atoms with Crippen LogP contribution in [0.3, 0.4) is 0 Å². The summed E-state index contributed by atoms with van der Waals surface area (Å²) in [5.74, 6) is 0.224. The Morgan fingerprint density at radius 1 is 1.37 bits per heavy atom. The van der Waals surface area contributed by atoms with Gasteiger partial charge < -0.3 is 4.98 Å². The van der Waals surface area contributed by atoms with Crippen LogP contribution in [0.1, 0.15) is 35.6 Å². The topological polar surface area (TPSA) is 39.3 Å². The third kappa shape index (κ3) is 3.07. The molecule has 4 nitrogen and oxygen atoms in total. The zero-order chi connectivity index (χ0) is 14.2. The molecule has 0 saturated carbocycles. The van der Waals surface area contributed by atoms with Gasteiger partial charge in [0.2, 0.25) is 0 Å². The Morgan fingerprint density at radius 3 is 2.58 bits per heavy atom. The number of ketones is 1. The summed E-state index contributed by atoms with van der Waals surface area (Å²) in [5, 5.41) is 0. The summed E-state index contributed by atoms with van der Waals surface area (Å²) in [7, 11) is 2.15. The first-order valence-corrected chi connectivity index (χ1v) is 6.92. The van der Waals surface area contributed by atoms with Crippen molar-refractivity contribution >= 4 is 5.78 Å². The summed E-state index contributed by atoms with van der Waals surface area (Å²) in [6.07, 6.45) is 0. The molecule has 0 aliphatic carbocycles. The van der Waals surface area contributed by atoms with Crippen LogP contribution in [0.5, 0.6) is 0 Å². The van der Waals surface area contributed by atoms with Gasteiger partial charge in [0.1, 0.15) is 0 Å². The van der Waals surface area contributed by atoms with Crippen molar-refractivity contribution in [3.63, 3.8) is 0 Å². The number of H-pyrrole nitrogens is 1. The lowest BCUT2D eigenvalue weighted by molar-refractivity contribution is 0.0389. The van der Waals surface area contributed by atoms with Gasteiger partial charge in [-0.2, -0.15) is 0 Å². The lowest BCUT2D eigenvalue weighted by Gasteiger charge is -2.45. The normalized spacial score (nSPS) is 20.7. The van der Waals surface area contributed by atoms with E-state index < -0.39 is 0 Å². The average molecular weight is 263 g/mol. The van der Waals surface area contributed by atoms with E-state index in [2.05, 4.69) is 35.7 Å². The standard InChI is InChI=1S/C15H25N3O/c1-11-8-13(12(2)16-11)14(19)9-18-7-6-17(5)15(3,4)10-18/h8,16H,6-7,9-10H2,1-5H3. The maximum atomic E-state index is 12.4. The van der Waals surface area contributed by atoms with Gasteiger partial charge in [-0.05, 0) is 40.8 Å². The first-order chi connectivity index (χ1) is 8.79. The summed E-state index contributed by atoms with van der Waals surface area (Å²) in [6, 6.07) is 1.96. The van der Waals surface area contributed by atoms with Crippen molar-refractivity contribution < 1.29 is 4.79 Å². The van der Waals surface area contributed by atoms with Crippen molar-refractivity contribution in [3.8, 4) is 0 Å². The maximum Gasteiger partial charge on any atom is 0.178 e. The second-order valence-corrected chi connectivity index (χ2v) is 6.36. The van der Waals surface area contributed by atoms with Crippen LogP contribution in [0.25, 0.3) is 0 Å². The van der Waals surface area contributed by atoms with E-state index in [1.165, 1.54) is 0 Å². The van der Waals surface area contributed by atoms with Gasteiger partial charge in [-0.3, -0.25) is 14.6 Å². The van der Waals surface area contributed by atoms with Crippen molar-refractivity contribution in [3.05, 3.63) is 23.0 Å².